The lowest BCUT2D eigenvalue weighted by molar-refractivity contribution is 0.259. The van der Waals surface area contributed by atoms with Crippen LogP contribution in [0.3, 0.4) is 0 Å². The zero-order valence-corrected chi connectivity index (χ0v) is 16.0. The summed E-state index contributed by atoms with van der Waals surface area (Å²) in [5.41, 5.74) is 1.03. The van der Waals surface area contributed by atoms with Gasteiger partial charge in [-0.2, -0.15) is 0 Å². The molecule has 0 aromatic carbocycles. The molecule has 2 fully saturated rings. The third-order valence-electron chi connectivity index (χ3n) is 5.20. The maximum absolute atomic E-state index is 11.7. The molecule has 140 valence electrons. The molecule has 3 heterocycles. The largest absolute Gasteiger partial charge is 0.356 e. The van der Waals surface area contributed by atoms with Gasteiger partial charge >= 0.3 is 0 Å². The summed E-state index contributed by atoms with van der Waals surface area (Å²) in [4.78, 5) is 9.53. The van der Waals surface area contributed by atoms with Crippen molar-refractivity contribution in [2.45, 2.75) is 25.8 Å². The predicted octanol–water partition coefficient (Wildman–Crippen LogP) is 0.889. The van der Waals surface area contributed by atoms with Gasteiger partial charge in [-0.15, -0.1) is 0 Å². The molecule has 2 saturated heterocycles. The summed E-state index contributed by atoms with van der Waals surface area (Å²) < 4.78 is 23.3. The topological polar surface area (TPSA) is 65.0 Å². The van der Waals surface area contributed by atoms with Crippen LogP contribution in [0.25, 0.3) is 0 Å². The second-order valence-corrected chi connectivity index (χ2v) is 9.79. The molecule has 0 radical (unpaired) electrons. The normalized spacial score (nSPS) is 29.5. The molecule has 2 unspecified atom stereocenters. The van der Waals surface area contributed by atoms with Crippen molar-refractivity contribution in [3.8, 4) is 0 Å². The molecule has 3 rings (SSSR count). The quantitative estimate of drug-likeness (QED) is 0.445. The fraction of sp³-hybridized carbons (Fsp3) is 0.722. The van der Waals surface area contributed by atoms with Crippen molar-refractivity contribution >= 4 is 15.8 Å². The van der Waals surface area contributed by atoms with Crippen LogP contribution in [-0.4, -0.2) is 81.0 Å². The van der Waals surface area contributed by atoms with Gasteiger partial charge in [0.25, 0.3) is 0 Å². The molecule has 25 heavy (non-hydrogen) atoms. The minimum atomic E-state index is -2.83. The molecule has 0 spiro atoms. The molecule has 2 atom stereocenters. The van der Waals surface area contributed by atoms with Gasteiger partial charge in [0.15, 0.2) is 15.8 Å². The van der Waals surface area contributed by atoms with Crippen LogP contribution in [0.1, 0.15) is 19.8 Å². The van der Waals surface area contributed by atoms with Crippen LogP contribution in [0.4, 0.5) is 0 Å². The zero-order valence-electron chi connectivity index (χ0n) is 15.2. The van der Waals surface area contributed by atoms with Gasteiger partial charge in [-0.05, 0) is 25.7 Å². The van der Waals surface area contributed by atoms with E-state index in [4.69, 9.17) is 4.99 Å². The average molecular weight is 367 g/mol. The average Bonchev–Trinajstić information content (AvgIpc) is 3.26. The van der Waals surface area contributed by atoms with Crippen LogP contribution < -0.4 is 5.32 Å². The van der Waals surface area contributed by atoms with Crippen molar-refractivity contribution < 1.29 is 8.42 Å². The van der Waals surface area contributed by atoms with Gasteiger partial charge in [0.1, 0.15) is 0 Å². The van der Waals surface area contributed by atoms with E-state index in [0.29, 0.717) is 30.6 Å². The Bertz CT molecular complexity index is 648. The Morgan fingerprint density at radius 1 is 1.32 bits per heavy atom. The third-order valence-corrected chi connectivity index (χ3v) is 7.04. The van der Waals surface area contributed by atoms with E-state index in [0.717, 1.165) is 50.6 Å². The van der Waals surface area contributed by atoms with E-state index in [2.05, 4.69) is 33.8 Å². The van der Waals surface area contributed by atoms with Crippen molar-refractivity contribution in [1.82, 2.24) is 15.1 Å². The predicted molar refractivity (Wildman–Crippen MR) is 103 cm³/mol. The second-order valence-electron chi connectivity index (χ2n) is 7.56. The van der Waals surface area contributed by atoms with E-state index in [9.17, 15) is 8.42 Å². The van der Waals surface area contributed by atoms with Crippen molar-refractivity contribution in [3.05, 3.63) is 24.3 Å². The molecule has 6 nitrogen and oxygen atoms in total. The minimum Gasteiger partial charge on any atom is -0.356 e. The second kappa shape index (κ2) is 7.91. The van der Waals surface area contributed by atoms with Crippen LogP contribution in [-0.2, 0) is 9.84 Å². The fourth-order valence-electron chi connectivity index (χ4n) is 3.77. The van der Waals surface area contributed by atoms with Gasteiger partial charge in [-0.3, -0.25) is 4.90 Å². The first-order valence-electron chi connectivity index (χ1n) is 9.20. The summed E-state index contributed by atoms with van der Waals surface area (Å²) in [5.74, 6) is 1.73. The number of guanidine groups is 1. The molecule has 0 bridgehead atoms. The summed E-state index contributed by atoms with van der Waals surface area (Å²) in [7, 11) is -2.83. The van der Waals surface area contributed by atoms with E-state index in [1.54, 1.807) is 0 Å². The van der Waals surface area contributed by atoms with Gasteiger partial charge in [0, 0.05) is 38.8 Å². The zero-order chi connectivity index (χ0) is 17.9. The number of hydrogen-bond donors (Lipinski definition) is 1. The molecule has 0 amide bonds. The molecule has 3 aliphatic heterocycles. The molecular formula is C18H30N4O2S. The summed E-state index contributed by atoms with van der Waals surface area (Å²) in [6.45, 7) is 11.3. The smallest absolute Gasteiger partial charge is 0.194 e. The first-order chi connectivity index (χ1) is 11.9. The van der Waals surface area contributed by atoms with Crippen LogP contribution in [0.2, 0.25) is 0 Å². The van der Waals surface area contributed by atoms with E-state index < -0.39 is 9.84 Å². The number of nitrogens with zero attached hydrogens (tertiary/aromatic N) is 3. The van der Waals surface area contributed by atoms with Crippen molar-refractivity contribution in [3.63, 3.8) is 0 Å². The van der Waals surface area contributed by atoms with Gasteiger partial charge in [-0.1, -0.05) is 24.3 Å². The summed E-state index contributed by atoms with van der Waals surface area (Å²) >= 11 is 0. The summed E-state index contributed by atoms with van der Waals surface area (Å²) in [5, 5.41) is 3.44. The maximum atomic E-state index is 11.7. The van der Waals surface area contributed by atoms with Crippen molar-refractivity contribution in [1.29, 1.82) is 0 Å². The molecule has 3 aliphatic rings. The molecule has 0 aliphatic carbocycles. The van der Waals surface area contributed by atoms with Crippen molar-refractivity contribution in [2.75, 3.05) is 50.8 Å². The number of sulfone groups is 1. The Hall–Kier alpha value is -1.34. The van der Waals surface area contributed by atoms with Gasteiger partial charge in [-0.25, -0.2) is 13.4 Å². The first-order valence-corrected chi connectivity index (χ1v) is 11.0. The van der Waals surface area contributed by atoms with Gasteiger partial charge < -0.3 is 10.2 Å². The highest BCUT2D eigenvalue weighted by molar-refractivity contribution is 7.91. The Morgan fingerprint density at radius 2 is 2.08 bits per heavy atom. The van der Waals surface area contributed by atoms with Crippen LogP contribution in [0.15, 0.2) is 29.3 Å². The summed E-state index contributed by atoms with van der Waals surface area (Å²) in [6, 6.07) is 0.568. The number of nitrogens with one attached hydrogen (secondary N) is 1. The number of likely N-dealkylation sites (tertiary alicyclic amines) is 1. The Morgan fingerprint density at radius 3 is 2.72 bits per heavy atom. The molecular weight excluding hydrogens is 336 g/mol. The van der Waals surface area contributed by atoms with E-state index in [1.807, 2.05) is 6.92 Å². The fourth-order valence-corrected chi connectivity index (χ4v) is 5.63. The van der Waals surface area contributed by atoms with E-state index >= 15 is 0 Å². The standard InChI is InChI=1S/C18H30N4O2S/c1-15(2)11-19-18(20-12-16-6-10-25(23,24)14-16)22-9-5-17(13-22)21-7-3-4-8-21/h3-4,16-17H,1,5-14H2,2H3,(H,19,20). The Balaban J connectivity index is 1.57. The highest BCUT2D eigenvalue weighted by atomic mass is 32.2. The van der Waals surface area contributed by atoms with Crippen LogP contribution in [0, 0.1) is 5.92 Å². The molecule has 0 saturated carbocycles. The third kappa shape index (κ3) is 5.07. The van der Waals surface area contributed by atoms with Gasteiger partial charge in [0.2, 0.25) is 0 Å². The molecule has 0 aromatic heterocycles. The highest BCUT2D eigenvalue weighted by Crippen LogP contribution is 2.20. The molecule has 1 N–H and O–H groups in total. The first kappa shape index (κ1) is 18.5. The van der Waals surface area contributed by atoms with E-state index in [1.165, 1.54) is 0 Å². The SMILES string of the molecule is C=C(C)CN=C(NCC1CCS(=O)(=O)C1)N1CCC(N2CC=CC2)C1. The number of hydrogen-bond acceptors (Lipinski definition) is 4. The lowest BCUT2D eigenvalue weighted by atomic mass is 10.1. The highest BCUT2D eigenvalue weighted by Gasteiger charge is 2.31. The van der Waals surface area contributed by atoms with E-state index in [-0.39, 0.29) is 5.92 Å². The Kier molecular flexibility index (Phi) is 5.84. The lowest BCUT2D eigenvalue weighted by Crippen LogP contribution is -2.44. The maximum Gasteiger partial charge on any atom is 0.194 e. The van der Waals surface area contributed by atoms with Crippen LogP contribution >= 0.6 is 0 Å². The Labute approximate surface area is 151 Å². The van der Waals surface area contributed by atoms with Gasteiger partial charge in [0.05, 0.1) is 18.1 Å². The number of rotatable bonds is 5. The number of aliphatic imine (C=N–C) groups is 1. The van der Waals surface area contributed by atoms with Crippen molar-refractivity contribution in [2.24, 2.45) is 10.9 Å². The minimum absolute atomic E-state index is 0.196. The monoisotopic (exact) mass is 366 g/mol. The molecule has 0 aromatic rings. The summed E-state index contributed by atoms with van der Waals surface area (Å²) in [6.07, 6.45) is 6.37. The molecule has 7 heteroatoms. The lowest BCUT2D eigenvalue weighted by Gasteiger charge is -2.26. The van der Waals surface area contributed by atoms with Crippen LogP contribution in [0.5, 0.6) is 0 Å².